The van der Waals surface area contributed by atoms with E-state index in [2.05, 4.69) is 5.32 Å². The highest BCUT2D eigenvalue weighted by atomic mass is 35.5. The number of hydrogen-bond donors (Lipinski definition) is 1. The number of alkyl halides is 1. The Morgan fingerprint density at radius 2 is 2.40 bits per heavy atom. The molecule has 1 fully saturated rings. The van der Waals surface area contributed by atoms with Crippen molar-refractivity contribution in [2.75, 3.05) is 5.88 Å². The van der Waals surface area contributed by atoms with Crippen LogP contribution in [0.25, 0.3) is 0 Å². The first-order chi connectivity index (χ1) is 4.74. The SMILES string of the molecule is C[C@H]1CC[C@@H](CCl)NC1=O. The Hall–Kier alpha value is -0.240. The van der Waals surface area contributed by atoms with Gasteiger partial charge in [0.1, 0.15) is 0 Å². The van der Waals surface area contributed by atoms with Gasteiger partial charge in [0.2, 0.25) is 5.91 Å². The van der Waals surface area contributed by atoms with Gasteiger partial charge in [-0.15, -0.1) is 11.6 Å². The van der Waals surface area contributed by atoms with Gasteiger partial charge >= 0.3 is 0 Å². The summed E-state index contributed by atoms with van der Waals surface area (Å²) in [5.41, 5.74) is 0. The summed E-state index contributed by atoms with van der Waals surface area (Å²) in [5.74, 6) is 0.870. The second kappa shape index (κ2) is 3.24. The topological polar surface area (TPSA) is 29.1 Å². The number of carbonyl (C=O) groups excluding carboxylic acids is 1. The number of piperidine rings is 1. The molecule has 1 N–H and O–H groups in total. The quantitative estimate of drug-likeness (QED) is 0.575. The fraction of sp³-hybridized carbons (Fsp3) is 0.857. The molecule has 0 aromatic heterocycles. The van der Waals surface area contributed by atoms with Crippen molar-refractivity contribution in [2.45, 2.75) is 25.8 Å². The van der Waals surface area contributed by atoms with Gasteiger partial charge < -0.3 is 5.32 Å². The van der Waals surface area contributed by atoms with E-state index in [4.69, 9.17) is 11.6 Å². The fourth-order valence-corrected chi connectivity index (χ4v) is 1.35. The molecule has 2 nitrogen and oxygen atoms in total. The van der Waals surface area contributed by atoms with E-state index in [9.17, 15) is 4.79 Å². The van der Waals surface area contributed by atoms with Crippen LogP contribution in [0.4, 0.5) is 0 Å². The highest BCUT2D eigenvalue weighted by molar-refractivity contribution is 6.18. The van der Waals surface area contributed by atoms with Crippen LogP contribution in [0.1, 0.15) is 19.8 Å². The van der Waals surface area contributed by atoms with E-state index in [1.54, 1.807) is 0 Å². The van der Waals surface area contributed by atoms with E-state index in [1.807, 2.05) is 6.92 Å². The first kappa shape index (κ1) is 7.86. The molecule has 0 saturated carbocycles. The average Bonchev–Trinajstić information content (AvgIpc) is 1.95. The molecule has 0 bridgehead atoms. The molecule has 2 atom stereocenters. The average molecular weight is 162 g/mol. The van der Waals surface area contributed by atoms with Crippen LogP contribution in [0.3, 0.4) is 0 Å². The highest BCUT2D eigenvalue weighted by Gasteiger charge is 2.23. The van der Waals surface area contributed by atoms with Crippen molar-refractivity contribution in [1.82, 2.24) is 5.32 Å². The summed E-state index contributed by atoms with van der Waals surface area (Å²) in [7, 11) is 0. The number of nitrogens with one attached hydrogen (secondary N) is 1. The maximum atomic E-state index is 11.0. The van der Waals surface area contributed by atoms with Crippen LogP contribution in [0, 0.1) is 5.92 Å². The Morgan fingerprint density at radius 1 is 1.70 bits per heavy atom. The molecule has 1 rings (SSSR count). The van der Waals surface area contributed by atoms with Crippen LogP contribution in [-0.2, 0) is 4.79 Å². The van der Waals surface area contributed by atoms with Crippen LogP contribution in [0.2, 0.25) is 0 Å². The minimum atomic E-state index is 0.150. The van der Waals surface area contributed by atoms with Crippen LogP contribution in [0.15, 0.2) is 0 Å². The monoisotopic (exact) mass is 161 g/mol. The molecule has 1 saturated heterocycles. The molecule has 1 aliphatic heterocycles. The van der Waals surface area contributed by atoms with E-state index >= 15 is 0 Å². The van der Waals surface area contributed by atoms with Crippen LogP contribution in [0.5, 0.6) is 0 Å². The molecule has 1 heterocycles. The van der Waals surface area contributed by atoms with Gasteiger partial charge in [0, 0.05) is 17.8 Å². The molecule has 0 unspecified atom stereocenters. The number of rotatable bonds is 1. The highest BCUT2D eigenvalue weighted by Crippen LogP contribution is 2.14. The van der Waals surface area contributed by atoms with Gasteiger partial charge in [-0.05, 0) is 12.8 Å². The Labute approximate surface area is 65.9 Å². The number of halogens is 1. The molecule has 0 aromatic rings. The maximum Gasteiger partial charge on any atom is 0.223 e. The van der Waals surface area contributed by atoms with Gasteiger partial charge in [-0.1, -0.05) is 6.92 Å². The lowest BCUT2D eigenvalue weighted by Gasteiger charge is -2.25. The van der Waals surface area contributed by atoms with Crippen molar-refractivity contribution in [3.05, 3.63) is 0 Å². The van der Waals surface area contributed by atoms with E-state index in [1.165, 1.54) is 0 Å². The first-order valence-electron chi connectivity index (χ1n) is 3.60. The smallest absolute Gasteiger partial charge is 0.223 e. The minimum absolute atomic E-state index is 0.150. The number of hydrogen-bond acceptors (Lipinski definition) is 1. The minimum Gasteiger partial charge on any atom is -0.352 e. The zero-order valence-corrected chi connectivity index (χ0v) is 6.82. The third kappa shape index (κ3) is 1.63. The third-order valence-electron chi connectivity index (χ3n) is 1.93. The molecule has 58 valence electrons. The molecule has 0 radical (unpaired) electrons. The van der Waals surface area contributed by atoms with Crippen molar-refractivity contribution in [3.8, 4) is 0 Å². The summed E-state index contributed by atoms with van der Waals surface area (Å²) >= 11 is 5.58. The Balaban J connectivity index is 2.41. The van der Waals surface area contributed by atoms with Gasteiger partial charge in [0.15, 0.2) is 0 Å². The molecule has 0 aliphatic carbocycles. The van der Waals surface area contributed by atoms with Gasteiger partial charge in [0.05, 0.1) is 0 Å². The summed E-state index contributed by atoms with van der Waals surface area (Å²) in [4.78, 5) is 11.0. The van der Waals surface area contributed by atoms with Crippen molar-refractivity contribution in [2.24, 2.45) is 5.92 Å². The molecule has 1 aliphatic rings. The second-order valence-electron chi connectivity index (χ2n) is 2.84. The largest absolute Gasteiger partial charge is 0.352 e. The summed E-state index contributed by atoms with van der Waals surface area (Å²) < 4.78 is 0. The molecule has 3 heteroatoms. The van der Waals surface area contributed by atoms with E-state index < -0.39 is 0 Å². The zero-order valence-electron chi connectivity index (χ0n) is 6.06. The Morgan fingerprint density at radius 3 is 2.90 bits per heavy atom. The van der Waals surface area contributed by atoms with Crippen LogP contribution >= 0.6 is 11.6 Å². The summed E-state index contributed by atoms with van der Waals surface area (Å²) in [5, 5.41) is 2.84. The second-order valence-corrected chi connectivity index (χ2v) is 3.15. The van der Waals surface area contributed by atoms with Gasteiger partial charge in [-0.25, -0.2) is 0 Å². The lowest BCUT2D eigenvalue weighted by Crippen LogP contribution is -2.43. The van der Waals surface area contributed by atoms with E-state index in [0.717, 1.165) is 12.8 Å². The van der Waals surface area contributed by atoms with Crippen molar-refractivity contribution in [1.29, 1.82) is 0 Å². The standard InChI is InChI=1S/C7H12ClNO/c1-5-2-3-6(4-8)9-7(5)10/h5-6H,2-4H2,1H3,(H,9,10)/t5-,6-/m0/s1. The first-order valence-corrected chi connectivity index (χ1v) is 4.14. The molecular weight excluding hydrogens is 150 g/mol. The predicted molar refractivity (Wildman–Crippen MR) is 41.0 cm³/mol. The van der Waals surface area contributed by atoms with Crippen molar-refractivity contribution in [3.63, 3.8) is 0 Å². The summed E-state index contributed by atoms with van der Waals surface area (Å²) in [6.07, 6.45) is 2.00. The van der Waals surface area contributed by atoms with Gasteiger partial charge in [0.25, 0.3) is 0 Å². The van der Waals surface area contributed by atoms with Crippen LogP contribution in [-0.4, -0.2) is 17.8 Å². The van der Waals surface area contributed by atoms with Crippen LogP contribution < -0.4 is 5.32 Å². The van der Waals surface area contributed by atoms with Gasteiger partial charge in [-0.2, -0.15) is 0 Å². The molecule has 10 heavy (non-hydrogen) atoms. The zero-order chi connectivity index (χ0) is 7.56. The van der Waals surface area contributed by atoms with E-state index in [0.29, 0.717) is 5.88 Å². The lowest BCUT2D eigenvalue weighted by molar-refractivity contribution is -0.126. The molecule has 1 amide bonds. The van der Waals surface area contributed by atoms with Crippen molar-refractivity contribution < 1.29 is 4.79 Å². The van der Waals surface area contributed by atoms with Gasteiger partial charge in [-0.3, -0.25) is 4.79 Å². The number of amides is 1. The summed E-state index contributed by atoms with van der Waals surface area (Å²) in [6, 6.07) is 0.213. The fourth-order valence-electron chi connectivity index (χ4n) is 1.11. The normalized spacial score (nSPS) is 33.6. The molecule has 0 aromatic carbocycles. The maximum absolute atomic E-state index is 11.0. The number of carbonyl (C=O) groups is 1. The Kier molecular flexibility index (Phi) is 2.55. The summed E-state index contributed by atoms with van der Waals surface area (Å²) in [6.45, 7) is 1.94. The molecular formula is C7H12ClNO. The van der Waals surface area contributed by atoms with E-state index in [-0.39, 0.29) is 17.9 Å². The Bertz CT molecular complexity index is 138. The van der Waals surface area contributed by atoms with Crippen molar-refractivity contribution >= 4 is 17.5 Å². The molecule has 0 spiro atoms. The third-order valence-corrected chi connectivity index (χ3v) is 2.30. The predicted octanol–water partition coefficient (Wildman–Crippen LogP) is 1.14. The lowest BCUT2D eigenvalue weighted by atomic mass is 9.96.